The summed E-state index contributed by atoms with van der Waals surface area (Å²) in [6.45, 7) is 3.76. The van der Waals surface area contributed by atoms with Gasteiger partial charge < -0.3 is 9.80 Å². The molecule has 5 heteroatoms. The van der Waals surface area contributed by atoms with Gasteiger partial charge in [-0.3, -0.25) is 14.6 Å². The second kappa shape index (κ2) is 5.47. The summed E-state index contributed by atoms with van der Waals surface area (Å²) in [6.07, 6.45) is 6.88. The molecule has 0 aliphatic carbocycles. The van der Waals surface area contributed by atoms with Crippen molar-refractivity contribution in [1.29, 1.82) is 0 Å². The molecule has 1 aromatic rings. The van der Waals surface area contributed by atoms with Crippen LogP contribution < -0.4 is 0 Å². The third kappa shape index (κ3) is 2.64. The van der Waals surface area contributed by atoms with E-state index >= 15 is 0 Å². The van der Waals surface area contributed by atoms with Crippen LogP contribution in [0, 0.1) is 0 Å². The van der Waals surface area contributed by atoms with Crippen molar-refractivity contribution in [2.75, 3.05) is 13.1 Å². The zero-order chi connectivity index (χ0) is 14.9. The molecule has 0 aromatic carbocycles. The van der Waals surface area contributed by atoms with Crippen LogP contribution in [0.3, 0.4) is 0 Å². The van der Waals surface area contributed by atoms with Crippen LogP contribution in [0.4, 0.5) is 0 Å². The predicted octanol–water partition coefficient (Wildman–Crippen LogP) is 1.59. The maximum Gasteiger partial charge on any atom is 0.223 e. The van der Waals surface area contributed by atoms with Crippen LogP contribution in [0.25, 0.3) is 0 Å². The molecule has 3 heterocycles. The molecule has 3 rings (SSSR count). The maximum atomic E-state index is 12.3. The Kier molecular flexibility index (Phi) is 3.66. The Bertz CT molecular complexity index is 536. The zero-order valence-electron chi connectivity index (χ0n) is 12.4. The third-order valence-corrected chi connectivity index (χ3v) is 4.88. The normalized spacial score (nSPS) is 21.1. The number of carbonyl (C=O) groups is 2. The van der Waals surface area contributed by atoms with Crippen molar-refractivity contribution < 1.29 is 9.59 Å². The Hall–Kier alpha value is -1.91. The van der Waals surface area contributed by atoms with Crippen LogP contribution in [0.15, 0.2) is 24.5 Å². The largest absolute Gasteiger partial charge is 0.343 e. The first-order valence-corrected chi connectivity index (χ1v) is 7.56. The molecule has 0 bridgehead atoms. The van der Waals surface area contributed by atoms with Gasteiger partial charge in [-0.05, 0) is 30.9 Å². The third-order valence-electron chi connectivity index (χ3n) is 4.88. The number of nitrogens with zero attached hydrogens (tertiary/aromatic N) is 3. The molecule has 0 N–H and O–H groups in total. The number of aromatic nitrogens is 1. The molecule has 0 radical (unpaired) electrons. The topological polar surface area (TPSA) is 53.5 Å². The van der Waals surface area contributed by atoms with E-state index in [2.05, 4.69) is 4.98 Å². The Labute approximate surface area is 124 Å². The number of pyridine rings is 1. The van der Waals surface area contributed by atoms with Crippen LogP contribution >= 0.6 is 0 Å². The molecule has 2 saturated heterocycles. The van der Waals surface area contributed by atoms with E-state index < -0.39 is 0 Å². The fourth-order valence-corrected chi connectivity index (χ4v) is 3.56. The fourth-order valence-electron chi connectivity index (χ4n) is 3.56. The molecule has 2 aliphatic rings. The molecular formula is C16H21N3O2. The van der Waals surface area contributed by atoms with Gasteiger partial charge in [0.1, 0.15) is 0 Å². The summed E-state index contributed by atoms with van der Waals surface area (Å²) in [5, 5.41) is 0. The Balaban J connectivity index is 1.75. The van der Waals surface area contributed by atoms with Gasteiger partial charge in [0, 0.05) is 50.9 Å². The van der Waals surface area contributed by atoms with Crippen LogP contribution in [0.1, 0.15) is 38.2 Å². The lowest BCUT2D eigenvalue weighted by molar-refractivity contribution is -0.136. The number of hydrogen-bond donors (Lipinski definition) is 0. The molecule has 2 amide bonds. The fraction of sp³-hybridized carbons (Fsp3) is 0.562. The van der Waals surface area contributed by atoms with Gasteiger partial charge in [-0.1, -0.05) is 6.07 Å². The number of rotatable bonds is 2. The van der Waals surface area contributed by atoms with E-state index in [1.54, 1.807) is 13.1 Å². The van der Waals surface area contributed by atoms with E-state index in [0.29, 0.717) is 13.0 Å². The van der Waals surface area contributed by atoms with Gasteiger partial charge in [-0.25, -0.2) is 0 Å². The van der Waals surface area contributed by atoms with Gasteiger partial charge in [0.05, 0.1) is 0 Å². The van der Waals surface area contributed by atoms with Crippen molar-refractivity contribution in [2.24, 2.45) is 0 Å². The minimum Gasteiger partial charge on any atom is -0.343 e. The van der Waals surface area contributed by atoms with Crippen LogP contribution in [0.5, 0.6) is 0 Å². The lowest BCUT2D eigenvalue weighted by atomic mass is 9.84. The summed E-state index contributed by atoms with van der Waals surface area (Å²) in [6, 6.07) is 3.91. The van der Waals surface area contributed by atoms with E-state index in [-0.39, 0.29) is 17.4 Å². The van der Waals surface area contributed by atoms with Gasteiger partial charge in [0.2, 0.25) is 11.8 Å². The second-order valence-corrected chi connectivity index (χ2v) is 6.07. The van der Waals surface area contributed by atoms with Crippen molar-refractivity contribution in [3.05, 3.63) is 30.1 Å². The van der Waals surface area contributed by atoms with Gasteiger partial charge in [-0.15, -0.1) is 0 Å². The van der Waals surface area contributed by atoms with E-state index in [4.69, 9.17) is 0 Å². The lowest BCUT2D eigenvalue weighted by Crippen LogP contribution is -2.53. The molecule has 112 valence electrons. The summed E-state index contributed by atoms with van der Waals surface area (Å²) >= 11 is 0. The Morgan fingerprint density at radius 1 is 1.33 bits per heavy atom. The van der Waals surface area contributed by atoms with E-state index in [9.17, 15) is 9.59 Å². The molecule has 21 heavy (non-hydrogen) atoms. The Morgan fingerprint density at radius 2 is 2.10 bits per heavy atom. The predicted molar refractivity (Wildman–Crippen MR) is 78.2 cm³/mol. The van der Waals surface area contributed by atoms with Crippen LogP contribution in [-0.4, -0.2) is 45.2 Å². The second-order valence-electron chi connectivity index (χ2n) is 6.07. The van der Waals surface area contributed by atoms with E-state index in [1.807, 2.05) is 28.1 Å². The number of hydrogen-bond acceptors (Lipinski definition) is 3. The maximum absolute atomic E-state index is 12.3. The molecular weight excluding hydrogens is 266 g/mol. The summed E-state index contributed by atoms with van der Waals surface area (Å²) < 4.78 is 0. The van der Waals surface area contributed by atoms with Crippen LogP contribution in [0.2, 0.25) is 0 Å². The number of likely N-dealkylation sites (tertiary alicyclic amines) is 2. The SMILES string of the molecule is CC(=O)N1CCC2(CCC(=O)N2Cc2cccnc2)CC1. The molecule has 2 fully saturated rings. The van der Waals surface area contributed by atoms with E-state index in [0.717, 1.165) is 37.9 Å². The molecule has 2 aliphatic heterocycles. The first-order chi connectivity index (χ1) is 10.1. The quantitative estimate of drug-likeness (QED) is 0.830. The van der Waals surface area contributed by atoms with Gasteiger partial charge >= 0.3 is 0 Å². The van der Waals surface area contributed by atoms with E-state index in [1.165, 1.54) is 0 Å². The summed E-state index contributed by atoms with van der Waals surface area (Å²) in [4.78, 5) is 31.8. The molecule has 5 nitrogen and oxygen atoms in total. The number of amides is 2. The average Bonchev–Trinajstić information content (AvgIpc) is 2.78. The monoisotopic (exact) mass is 287 g/mol. The van der Waals surface area contributed by atoms with Crippen LogP contribution in [-0.2, 0) is 16.1 Å². The van der Waals surface area contributed by atoms with Gasteiger partial charge in [0.15, 0.2) is 0 Å². The first-order valence-electron chi connectivity index (χ1n) is 7.56. The average molecular weight is 287 g/mol. The summed E-state index contributed by atoms with van der Waals surface area (Å²) in [5.74, 6) is 0.364. The highest BCUT2D eigenvalue weighted by Gasteiger charge is 2.46. The highest BCUT2D eigenvalue weighted by molar-refractivity contribution is 5.80. The summed E-state index contributed by atoms with van der Waals surface area (Å²) in [7, 11) is 0. The number of piperidine rings is 1. The molecule has 1 aromatic heterocycles. The summed E-state index contributed by atoms with van der Waals surface area (Å²) in [5.41, 5.74) is 1.01. The highest BCUT2D eigenvalue weighted by Crippen LogP contribution is 2.40. The van der Waals surface area contributed by atoms with Gasteiger partial charge in [-0.2, -0.15) is 0 Å². The van der Waals surface area contributed by atoms with Crippen molar-refractivity contribution in [3.63, 3.8) is 0 Å². The minimum atomic E-state index is -0.0567. The lowest BCUT2D eigenvalue weighted by Gasteiger charge is -2.44. The smallest absolute Gasteiger partial charge is 0.223 e. The number of carbonyl (C=O) groups excluding carboxylic acids is 2. The highest BCUT2D eigenvalue weighted by atomic mass is 16.2. The Morgan fingerprint density at radius 3 is 2.71 bits per heavy atom. The van der Waals surface area contributed by atoms with Crippen molar-refractivity contribution >= 4 is 11.8 Å². The van der Waals surface area contributed by atoms with Crippen molar-refractivity contribution in [1.82, 2.24) is 14.8 Å². The van der Waals surface area contributed by atoms with Crippen molar-refractivity contribution in [2.45, 2.75) is 44.7 Å². The zero-order valence-corrected chi connectivity index (χ0v) is 12.4. The molecule has 0 atom stereocenters. The minimum absolute atomic E-state index is 0.0567. The molecule has 0 unspecified atom stereocenters. The van der Waals surface area contributed by atoms with Crippen molar-refractivity contribution in [3.8, 4) is 0 Å². The standard InChI is InChI=1S/C16H21N3O2/c1-13(20)18-9-6-16(7-10-18)5-4-15(21)19(16)12-14-3-2-8-17-11-14/h2-3,8,11H,4-7,9-10,12H2,1H3. The molecule has 0 saturated carbocycles. The molecule has 1 spiro atoms. The van der Waals surface area contributed by atoms with Gasteiger partial charge in [0.25, 0.3) is 0 Å². The first kappa shape index (κ1) is 14.0.